The zero-order valence-electron chi connectivity index (χ0n) is 17.1. The Morgan fingerprint density at radius 2 is 1.79 bits per heavy atom. The zero-order chi connectivity index (χ0) is 20.5. The number of carbonyl (C=O) groups excluding carboxylic acids is 1. The SMILES string of the molecule is CC[C@@H](C)C(=O)N1CCCN(C2=NS(=O)(=O)C(c3ccc(C)cc3)=C2C)CC1. The zero-order valence-corrected chi connectivity index (χ0v) is 17.9. The molecule has 0 aromatic heterocycles. The van der Waals surface area contributed by atoms with E-state index in [2.05, 4.69) is 4.40 Å². The second-order valence-electron chi connectivity index (χ2n) is 7.69. The van der Waals surface area contributed by atoms with Gasteiger partial charge in [-0.2, -0.15) is 8.42 Å². The van der Waals surface area contributed by atoms with Crippen molar-refractivity contribution in [3.05, 3.63) is 41.0 Å². The summed E-state index contributed by atoms with van der Waals surface area (Å²) >= 11 is 0. The van der Waals surface area contributed by atoms with Gasteiger partial charge in [-0.3, -0.25) is 4.79 Å². The molecule has 1 amide bonds. The Morgan fingerprint density at radius 1 is 1.11 bits per heavy atom. The number of aryl methyl sites for hydroxylation is 1. The van der Waals surface area contributed by atoms with E-state index in [1.165, 1.54) is 0 Å². The van der Waals surface area contributed by atoms with Crippen LogP contribution in [0.1, 0.15) is 44.7 Å². The maximum Gasteiger partial charge on any atom is 0.285 e. The maximum atomic E-state index is 12.8. The van der Waals surface area contributed by atoms with Gasteiger partial charge in [-0.15, -0.1) is 4.40 Å². The molecule has 1 saturated heterocycles. The molecule has 0 unspecified atom stereocenters. The minimum atomic E-state index is -3.71. The molecule has 2 aliphatic heterocycles. The first kappa shape index (κ1) is 20.6. The van der Waals surface area contributed by atoms with Crippen molar-refractivity contribution in [2.75, 3.05) is 26.2 Å². The molecular formula is C21H29N3O3S. The molecule has 152 valence electrons. The highest BCUT2D eigenvalue weighted by molar-refractivity contribution is 8.00. The first-order chi connectivity index (χ1) is 13.2. The second-order valence-corrected chi connectivity index (χ2v) is 9.23. The van der Waals surface area contributed by atoms with Crippen LogP contribution in [0.5, 0.6) is 0 Å². The van der Waals surface area contributed by atoms with Gasteiger partial charge in [0.05, 0.1) is 0 Å². The van der Waals surface area contributed by atoms with Crippen molar-refractivity contribution in [1.29, 1.82) is 0 Å². The molecule has 0 aliphatic carbocycles. The van der Waals surface area contributed by atoms with Crippen LogP contribution in [-0.2, 0) is 14.8 Å². The summed E-state index contributed by atoms with van der Waals surface area (Å²) in [6.45, 7) is 10.4. The van der Waals surface area contributed by atoms with Crippen LogP contribution in [0.2, 0.25) is 0 Å². The number of benzene rings is 1. The Morgan fingerprint density at radius 3 is 2.43 bits per heavy atom. The van der Waals surface area contributed by atoms with E-state index in [0.29, 0.717) is 48.1 Å². The van der Waals surface area contributed by atoms with Gasteiger partial charge in [0.1, 0.15) is 10.7 Å². The van der Waals surface area contributed by atoms with E-state index < -0.39 is 10.0 Å². The first-order valence-corrected chi connectivity index (χ1v) is 11.4. The van der Waals surface area contributed by atoms with E-state index in [1.54, 1.807) is 0 Å². The molecule has 0 saturated carbocycles. The molecule has 1 aromatic carbocycles. The predicted octanol–water partition coefficient (Wildman–Crippen LogP) is 3.05. The third-order valence-corrected chi connectivity index (χ3v) is 7.07. The summed E-state index contributed by atoms with van der Waals surface area (Å²) in [5, 5.41) is 0. The molecule has 1 aromatic rings. The number of sulfonamides is 1. The highest BCUT2D eigenvalue weighted by atomic mass is 32.2. The minimum absolute atomic E-state index is 0.0190. The van der Waals surface area contributed by atoms with Crippen LogP contribution in [0, 0.1) is 12.8 Å². The van der Waals surface area contributed by atoms with Crippen LogP contribution < -0.4 is 0 Å². The lowest BCUT2D eigenvalue weighted by Gasteiger charge is -2.25. The fourth-order valence-electron chi connectivity index (χ4n) is 3.72. The van der Waals surface area contributed by atoms with Gasteiger partial charge in [-0.1, -0.05) is 43.7 Å². The van der Waals surface area contributed by atoms with Crippen molar-refractivity contribution in [2.24, 2.45) is 10.3 Å². The average Bonchev–Trinajstić information content (AvgIpc) is 2.83. The molecule has 28 heavy (non-hydrogen) atoms. The minimum Gasteiger partial charge on any atom is -0.354 e. The van der Waals surface area contributed by atoms with Gasteiger partial charge in [-0.05, 0) is 32.3 Å². The van der Waals surface area contributed by atoms with E-state index in [-0.39, 0.29) is 11.8 Å². The van der Waals surface area contributed by atoms with Crippen LogP contribution >= 0.6 is 0 Å². The normalized spacial score (nSPS) is 20.8. The van der Waals surface area contributed by atoms with Gasteiger partial charge in [0, 0.05) is 37.7 Å². The van der Waals surface area contributed by atoms with Crippen molar-refractivity contribution in [1.82, 2.24) is 9.80 Å². The quantitative estimate of drug-likeness (QED) is 0.778. The number of amides is 1. The van der Waals surface area contributed by atoms with Crippen LogP contribution in [-0.4, -0.2) is 56.1 Å². The largest absolute Gasteiger partial charge is 0.354 e. The second kappa shape index (κ2) is 8.07. The number of rotatable bonds is 3. The van der Waals surface area contributed by atoms with Crippen LogP contribution in [0.3, 0.4) is 0 Å². The van der Waals surface area contributed by atoms with Crippen LogP contribution in [0.25, 0.3) is 4.91 Å². The van der Waals surface area contributed by atoms with Gasteiger partial charge >= 0.3 is 0 Å². The summed E-state index contributed by atoms with van der Waals surface area (Å²) < 4.78 is 29.6. The highest BCUT2D eigenvalue weighted by Crippen LogP contribution is 2.34. The lowest BCUT2D eigenvalue weighted by molar-refractivity contribution is -0.134. The van der Waals surface area contributed by atoms with Gasteiger partial charge < -0.3 is 9.80 Å². The molecule has 1 atom stereocenters. The van der Waals surface area contributed by atoms with Crippen LogP contribution in [0.4, 0.5) is 0 Å². The molecule has 0 N–H and O–H groups in total. The summed E-state index contributed by atoms with van der Waals surface area (Å²) in [6, 6.07) is 7.49. The fourth-order valence-corrected chi connectivity index (χ4v) is 5.21. The van der Waals surface area contributed by atoms with Crippen LogP contribution in [0.15, 0.2) is 34.2 Å². The monoisotopic (exact) mass is 403 g/mol. The molecule has 6 nitrogen and oxygen atoms in total. The highest BCUT2D eigenvalue weighted by Gasteiger charge is 2.34. The molecule has 3 rings (SSSR count). The summed E-state index contributed by atoms with van der Waals surface area (Å²) in [5.41, 5.74) is 2.44. The van der Waals surface area contributed by atoms with Crippen molar-refractivity contribution in [3.8, 4) is 0 Å². The Kier molecular flexibility index (Phi) is 5.93. The Balaban J connectivity index is 1.84. The topological polar surface area (TPSA) is 70.1 Å². The average molecular weight is 404 g/mol. The predicted molar refractivity (Wildman–Crippen MR) is 112 cm³/mol. The van der Waals surface area contributed by atoms with Gasteiger partial charge in [0.25, 0.3) is 10.0 Å². The van der Waals surface area contributed by atoms with Crippen molar-refractivity contribution >= 4 is 26.7 Å². The lowest BCUT2D eigenvalue weighted by atomic mass is 10.1. The molecule has 0 spiro atoms. The molecule has 2 heterocycles. The van der Waals surface area contributed by atoms with Gasteiger partial charge in [0.2, 0.25) is 5.91 Å². The number of carbonyl (C=O) groups is 1. The van der Waals surface area contributed by atoms with E-state index in [1.807, 2.05) is 61.8 Å². The number of nitrogens with zero attached hydrogens (tertiary/aromatic N) is 3. The van der Waals surface area contributed by atoms with Gasteiger partial charge in [-0.25, -0.2) is 0 Å². The van der Waals surface area contributed by atoms with Crippen molar-refractivity contribution < 1.29 is 13.2 Å². The molecular weight excluding hydrogens is 374 g/mol. The summed E-state index contributed by atoms with van der Waals surface area (Å²) in [5.74, 6) is 0.719. The van der Waals surface area contributed by atoms with E-state index in [0.717, 1.165) is 18.4 Å². The van der Waals surface area contributed by atoms with Crippen molar-refractivity contribution in [3.63, 3.8) is 0 Å². The third kappa shape index (κ3) is 3.99. The number of hydrogen-bond donors (Lipinski definition) is 0. The maximum absolute atomic E-state index is 12.8. The van der Waals surface area contributed by atoms with E-state index in [9.17, 15) is 13.2 Å². The molecule has 7 heteroatoms. The summed E-state index contributed by atoms with van der Waals surface area (Å²) in [4.78, 5) is 16.7. The molecule has 0 bridgehead atoms. The van der Waals surface area contributed by atoms with Crippen molar-refractivity contribution in [2.45, 2.75) is 40.5 Å². The number of hydrogen-bond acceptors (Lipinski definition) is 4. The molecule has 2 aliphatic rings. The Hall–Kier alpha value is -2.15. The molecule has 0 radical (unpaired) electrons. The third-order valence-electron chi connectivity index (χ3n) is 5.60. The van der Waals surface area contributed by atoms with E-state index >= 15 is 0 Å². The lowest BCUT2D eigenvalue weighted by Crippen LogP contribution is -2.39. The fraction of sp³-hybridized carbons (Fsp3) is 0.524. The summed E-state index contributed by atoms with van der Waals surface area (Å²) in [7, 11) is -3.71. The van der Waals surface area contributed by atoms with Gasteiger partial charge in [0.15, 0.2) is 0 Å². The Bertz CT molecular complexity index is 917. The molecule has 1 fully saturated rings. The smallest absolute Gasteiger partial charge is 0.285 e. The number of amidine groups is 1. The van der Waals surface area contributed by atoms with E-state index in [4.69, 9.17) is 0 Å². The Labute approximate surface area is 168 Å². The standard InChI is InChI=1S/C21H29N3O3S/c1-5-16(3)21(25)24-12-6-11-23(13-14-24)20-17(4)19(28(26,27)22-20)18-9-7-15(2)8-10-18/h7-10,16H,5-6,11-14H2,1-4H3/t16-/m1/s1. The summed E-state index contributed by atoms with van der Waals surface area (Å²) in [6.07, 6.45) is 1.63. The first-order valence-electron chi connectivity index (χ1n) is 9.91.